The van der Waals surface area contributed by atoms with Crippen LogP contribution in [0.25, 0.3) is 17.1 Å². The van der Waals surface area contributed by atoms with Gasteiger partial charge in [0.25, 0.3) is 5.56 Å². The molecule has 0 saturated heterocycles. The number of rotatable bonds is 10. The fourth-order valence-corrected chi connectivity index (χ4v) is 3.59. The SMILES string of the molecule is CC(Nc1ccc(F)cc1C#N)C(=C\C=C(\c1cnc(-c2cnn(C)c(=O)c2)nc1)N(C)C)/C=C(F)\C=C\C=O. The number of aryl methyl sites for hydroxylation is 1. The molecule has 0 aliphatic heterocycles. The molecule has 1 unspecified atom stereocenters. The molecule has 0 spiro atoms. The molecule has 3 rings (SSSR count). The van der Waals surface area contributed by atoms with Gasteiger partial charge in [-0.25, -0.2) is 23.4 Å². The van der Waals surface area contributed by atoms with Crippen molar-refractivity contribution >= 4 is 17.7 Å². The fraction of sp³-hybridized carbons (Fsp3) is 0.172. The quantitative estimate of drug-likeness (QED) is 0.230. The lowest BCUT2D eigenvalue weighted by Crippen LogP contribution is -2.18. The van der Waals surface area contributed by atoms with Crippen LogP contribution in [0.15, 0.2) is 89.4 Å². The maximum atomic E-state index is 14.6. The van der Waals surface area contributed by atoms with Crippen molar-refractivity contribution in [2.24, 2.45) is 7.05 Å². The van der Waals surface area contributed by atoms with E-state index >= 15 is 0 Å². The maximum Gasteiger partial charge on any atom is 0.267 e. The molecule has 0 saturated carbocycles. The number of allylic oxidation sites excluding steroid dienone is 5. The van der Waals surface area contributed by atoms with E-state index in [0.717, 1.165) is 18.2 Å². The summed E-state index contributed by atoms with van der Waals surface area (Å²) in [5.74, 6) is -0.879. The molecule has 11 heteroatoms. The van der Waals surface area contributed by atoms with Crippen molar-refractivity contribution in [2.75, 3.05) is 19.4 Å². The third kappa shape index (κ3) is 7.64. The van der Waals surface area contributed by atoms with Crippen LogP contribution in [0.3, 0.4) is 0 Å². The largest absolute Gasteiger partial charge is 0.377 e. The van der Waals surface area contributed by atoms with E-state index < -0.39 is 17.7 Å². The minimum Gasteiger partial charge on any atom is -0.377 e. The van der Waals surface area contributed by atoms with Gasteiger partial charge in [-0.2, -0.15) is 10.4 Å². The number of carbonyl (C=O) groups is 1. The van der Waals surface area contributed by atoms with Gasteiger partial charge < -0.3 is 10.2 Å². The summed E-state index contributed by atoms with van der Waals surface area (Å²) in [4.78, 5) is 33.1. The van der Waals surface area contributed by atoms with Crippen molar-refractivity contribution in [3.05, 3.63) is 112 Å². The van der Waals surface area contributed by atoms with Gasteiger partial charge in [0.15, 0.2) is 5.82 Å². The Hall–Kier alpha value is -5.24. The standard InChI is InChI=1S/C29H27F2N7O2/c1-19(36-26-9-8-25(31)13-21(26)15-32)20(12-24(30)6-5-11-39)7-10-27(37(2)3)23-16-33-29(34-17-23)22-14-28(40)38(4)35-18-22/h5-14,16-19,36H,1-4H3/b6-5+,20-7-,24-12+,27-10-. The first-order chi connectivity index (χ1) is 19.1. The summed E-state index contributed by atoms with van der Waals surface area (Å²) in [6.45, 7) is 1.75. The summed E-state index contributed by atoms with van der Waals surface area (Å²) in [5.41, 5.74) is 2.48. The molecule has 0 aliphatic rings. The van der Waals surface area contributed by atoms with Crippen LogP contribution in [-0.4, -0.2) is 51.1 Å². The summed E-state index contributed by atoms with van der Waals surface area (Å²) in [6.07, 6.45) is 11.9. The molecule has 9 nitrogen and oxygen atoms in total. The number of carbonyl (C=O) groups excluding carboxylic acids is 1. The van der Waals surface area contributed by atoms with Crippen LogP contribution >= 0.6 is 0 Å². The lowest BCUT2D eigenvalue weighted by atomic mass is 10.0. The summed E-state index contributed by atoms with van der Waals surface area (Å²) in [6, 6.07) is 6.58. The molecular weight excluding hydrogens is 516 g/mol. The van der Waals surface area contributed by atoms with Crippen LogP contribution in [0, 0.1) is 17.1 Å². The second-order valence-electron chi connectivity index (χ2n) is 8.81. The zero-order chi connectivity index (χ0) is 29.2. The fourth-order valence-electron chi connectivity index (χ4n) is 3.59. The van der Waals surface area contributed by atoms with Gasteiger partial charge in [0.2, 0.25) is 0 Å². The van der Waals surface area contributed by atoms with Crippen LogP contribution in [0.4, 0.5) is 14.5 Å². The van der Waals surface area contributed by atoms with Crippen molar-refractivity contribution in [1.82, 2.24) is 24.6 Å². The number of aromatic nitrogens is 4. The summed E-state index contributed by atoms with van der Waals surface area (Å²) >= 11 is 0. The van der Waals surface area contributed by atoms with Gasteiger partial charge in [-0.05, 0) is 55.0 Å². The number of nitrogens with zero attached hydrogens (tertiary/aromatic N) is 6. The monoisotopic (exact) mass is 543 g/mol. The van der Waals surface area contributed by atoms with Crippen LogP contribution in [0.5, 0.6) is 0 Å². The first-order valence-corrected chi connectivity index (χ1v) is 12.0. The molecular formula is C29H27F2N7O2. The smallest absolute Gasteiger partial charge is 0.267 e. The van der Waals surface area contributed by atoms with Crippen LogP contribution < -0.4 is 10.9 Å². The molecule has 1 N–H and O–H groups in total. The summed E-state index contributed by atoms with van der Waals surface area (Å²) < 4.78 is 29.4. The third-order valence-electron chi connectivity index (χ3n) is 5.70. The molecule has 204 valence electrons. The number of nitrogens with one attached hydrogen (secondary N) is 1. The average molecular weight is 544 g/mol. The van der Waals surface area contributed by atoms with Gasteiger partial charge in [0.1, 0.15) is 24.0 Å². The van der Waals surface area contributed by atoms with Gasteiger partial charge in [-0.3, -0.25) is 9.59 Å². The Morgan fingerprint density at radius 1 is 1.18 bits per heavy atom. The van der Waals surface area contributed by atoms with Crippen molar-refractivity contribution in [3.8, 4) is 17.5 Å². The molecule has 3 aromatic rings. The van der Waals surface area contributed by atoms with E-state index in [-0.39, 0.29) is 11.1 Å². The number of halogens is 2. The lowest BCUT2D eigenvalue weighted by Gasteiger charge is -2.19. The molecule has 0 amide bonds. The lowest BCUT2D eigenvalue weighted by molar-refractivity contribution is -0.104. The molecule has 0 radical (unpaired) electrons. The average Bonchev–Trinajstić information content (AvgIpc) is 2.93. The van der Waals surface area contributed by atoms with Crippen molar-refractivity contribution < 1.29 is 13.6 Å². The molecule has 40 heavy (non-hydrogen) atoms. The van der Waals surface area contributed by atoms with E-state index in [4.69, 9.17) is 0 Å². The van der Waals surface area contributed by atoms with Gasteiger partial charge in [-0.1, -0.05) is 6.08 Å². The Morgan fingerprint density at radius 2 is 1.90 bits per heavy atom. The third-order valence-corrected chi connectivity index (χ3v) is 5.70. The van der Waals surface area contributed by atoms with Crippen molar-refractivity contribution in [2.45, 2.75) is 13.0 Å². The molecule has 1 aromatic carbocycles. The first-order valence-electron chi connectivity index (χ1n) is 12.0. The number of anilines is 1. The highest BCUT2D eigenvalue weighted by Crippen LogP contribution is 2.23. The Morgan fingerprint density at radius 3 is 2.52 bits per heavy atom. The van der Waals surface area contributed by atoms with Gasteiger partial charge in [0.05, 0.1) is 17.4 Å². The highest BCUT2D eigenvalue weighted by atomic mass is 19.1. The van der Waals surface area contributed by atoms with E-state index in [9.17, 15) is 23.6 Å². The molecule has 1 atom stereocenters. The predicted octanol–water partition coefficient (Wildman–Crippen LogP) is 4.19. The Bertz CT molecular complexity index is 1600. The van der Waals surface area contributed by atoms with Gasteiger partial charge >= 0.3 is 0 Å². The Kier molecular flexibility index (Phi) is 9.91. The minimum atomic E-state index is -0.665. The van der Waals surface area contributed by atoms with E-state index in [0.29, 0.717) is 40.2 Å². The van der Waals surface area contributed by atoms with E-state index in [1.807, 2.05) is 25.1 Å². The molecule has 2 heterocycles. The van der Waals surface area contributed by atoms with E-state index in [2.05, 4.69) is 20.4 Å². The number of aldehydes is 1. The number of benzene rings is 1. The van der Waals surface area contributed by atoms with Gasteiger partial charge in [0, 0.05) is 62.5 Å². The zero-order valence-corrected chi connectivity index (χ0v) is 22.3. The van der Waals surface area contributed by atoms with Crippen LogP contribution in [0.2, 0.25) is 0 Å². The molecule has 0 aliphatic carbocycles. The highest BCUT2D eigenvalue weighted by Gasteiger charge is 2.13. The molecule has 0 fully saturated rings. The normalized spacial score (nSPS) is 13.2. The Balaban J connectivity index is 2.00. The van der Waals surface area contributed by atoms with Gasteiger partial charge in [-0.15, -0.1) is 0 Å². The minimum absolute atomic E-state index is 0.102. The maximum absolute atomic E-state index is 14.6. The number of hydrogen-bond donors (Lipinski definition) is 1. The summed E-state index contributed by atoms with van der Waals surface area (Å²) in [5, 5.41) is 16.5. The van der Waals surface area contributed by atoms with E-state index in [1.165, 1.54) is 35.2 Å². The molecule has 0 bridgehead atoms. The topological polar surface area (TPSA) is 117 Å². The predicted molar refractivity (Wildman–Crippen MR) is 149 cm³/mol. The highest BCUT2D eigenvalue weighted by molar-refractivity contribution is 5.67. The van der Waals surface area contributed by atoms with Crippen molar-refractivity contribution in [3.63, 3.8) is 0 Å². The molecule has 2 aromatic heterocycles. The number of hydrogen-bond acceptors (Lipinski definition) is 8. The second-order valence-corrected chi connectivity index (χ2v) is 8.81. The van der Waals surface area contributed by atoms with Crippen molar-refractivity contribution in [1.29, 1.82) is 5.26 Å². The van der Waals surface area contributed by atoms with Crippen LogP contribution in [0.1, 0.15) is 18.1 Å². The van der Waals surface area contributed by atoms with E-state index in [1.54, 1.807) is 38.5 Å². The zero-order valence-electron chi connectivity index (χ0n) is 22.3. The summed E-state index contributed by atoms with van der Waals surface area (Å²) in [7, 11) is 5.19. The first kappa shape index (κ1) is 29.3. The van der Waals surface area contributed by atoms with Crippen LogP contribution in [-0.2, 0) is 11.8 Å². The second kappa shape index (κ2) is 13.5. The Labute approximate surface area is 230 Å². The number of nitriles is 1.